The van der Waals surface area contributed by atoms with E-state index in [0.717, 1.165) is 35.2 Å². The highest BCUT2D eigenvalue weighted by molar-refractivity contribution is 7.98. The van der Waals surface area contributed by atoms with E-state index in [-0.39, 0.29) is 11.1 Å². The third kappa shape index (κ3) is 3.18. The van der Waals surface area contributed by atoms with Gasteiger partial charge in [-0.15, -0.1) is 11.3 Å². The number of hydrogen-bond acceptors (Lipinski definition) is 6. The second kappa shape index (κ2) is 7.72. The van der Waals surface area contributed by atoms with Crippen molar-refractivity contribution in [1.82, 2.24) is 19.5 Å². The normalized spacial score (nSPS) is 13.1. The van der Waals surface area contributed by atoms with Crippen LogP contribution in [0.4, 0.5) is 0 Å². The lowest BCUT2D eigenvalue weighted by molar-refractivity contribution is 0.818. The smallest absolute Gasteiger partial charge is 0.266 e. The number of benzene rings is 2. The quantitative estimate of drug-likeness (QED) is 0.318. The molecule has 0 aliphatic heterocycles. The lowest BCUT2D eigenvalue weighted by Gasteiger charge is -2.13. The van der Waals surface area contributed by atoms with Crippen LogP contribution in [0.2, 0.25) is 0 Å². The Morgan fingerprint density at radius 1 is 1.00 bits per heavy atom. The Balaban J connectivity index is 1.43. The molecule has 0 amide bonds. The van der Waals surface area contributed by atoms with Gasteiger partial charge >= 0.3 is 0 Å². The Hall–Kier alpha value is -3.23. The third-order valence-electron chi connectivity index (χ3n) is 5.72. The maximum absolute atomic E-state index is 13.3. The van der Waals surface area contributed by atoms with Crippen molar-refractivity contribution in [3.8, 4) is 5.69 Å². The van der Waals surface area contributed by atoms with E-state index in [1.54, 1.807) is 22.0 Å². The number of aromatic amines is 1. The average Bonchev–Trinajstić information content (AvgIpc) is 3.39. The fourth-order valence-corrected chi connectivity index (χ4v) is 6.43. The predicted octanol–water partition coefficient (Wildman–Crippen LogP) is 4.46. The highest BCUT2D eigenvalue weighted by atomic mass is 32.2. The fraction of sp³-hybridized carbons (Fsp3) is 0.167. The Kier molecular flexibility index (Phi) is 4.69. The topological polar surface area (TPSA) is 80.6 Å². The Morgan fingerprint density at radius 3 is 2.69 bits per heavy atom. The molecule has 0 atom stereocenters. The summed E-state index contributed by atoms with van der Waals surface area (Å²) in [7, 11) is 0. The molecule has 3 aromatic heterocycles. The van der Waals surface area contributed by atoms with Gasteiger partial charge in [0.2, 0.25) is 0 Å². The maximum Gasteiger partial charge on any atom is 0.266 e. The molecule has 158 valence electrons. The van der Waals surface area contributed by atoms with Crippen LogP contribution in [0.25, 0.3) is 26.8 Å². The second-order valence-electron chi connectivity index (χ2n) is 7.73. The van der Waals surface area contributed by atoms with Gasteiger partial charge < -0.3 is 4.98 Å². The summed E-state index contributed by atoms with van der Waals surface area (Å²) in [6.07, 6.45) is 3.10. The van der Waals surface area contributed by atoms with E-state index < -0.39 is 0 Å². The molecule has 8 heteroatoms. The summed E-state index contributed by atoms with van der Waals surface area (Å²) < 4.78 is 1.63. The standard InChI is InChI=1S/C24H18N4O2S2/c29-21-20-16-10-6-12-18(16)32-22(20)27-19(26-21)13-31-24-25-17-11-5-4-9-15(17)23(30)28(24)14-7-2-1-3-8-14/h1-5,7-9,11H,6,10,12-13H2,(H,26,27,29). The molecule has 1 aliphatic rings. The largest absolute Gasteiger partial charge is 0.309 e. The Bertz CT molecular complexity index is 1600. The van der Waals surface area contributed by atoms with E-state index in [2.05, 4.69) is 4.98 Å². The molecule has 5 aromatic rings. The molecule has 0 unspecified atom stereocenters. The number of thiophene rings is 1. The number of aromatic nitrogens is 4. The summed E-state index contributed by atoms with van der Waals surface area (Å²) in [5.41, 5.74) is 2.39. The zero-order valence-electron chi connectivity index (χ0n) is 17.0. The molecular weight excluding hydrogens is 440 g/mol. The summed E-state index contributed by atoms with van der Waals surface area (Å²) in [4.78, 5) is 40.6. The van der Waals surface area contributed by atoms with Gasteiger partial charge in [-0.05, 0) is 49.1 Å². The molecule has 0 radical (unpaired) electrons. The molecule has 1 N–H and O–H groups in total. The Labute approximate surface area is 191 Å². The summed E-state index contributed by atoms with van der Waals surface area (Å²) in [5, 5.41) is 1.89. The SMILES string of the molecule is O=c1[nH]c(CSc2nc3ccccc3c(=O)n2-c2ccccc2)nc2sc3c(c12)CCC3. The number of nitrogens with one attached hydrogen (secondary N) is 1. The van der Waals surface area contributed by atoms with Crippen molar-refractivity contribution in [1.29, 1.82) is 0 Å². The molecule has 2 aromatic carbocycles. The van der Waals surface area contributed by atoms with Gasteiger partial charge in [0.1, 0.15) is 10.7 Å². The molecule has 6 rings (SSSR count). The van der Waals surface area contributed by atoms with Gasteiger partial charge in [0, 0.05) is 4.88 Å². The first-order valence-corrected chi connectivity index (χ1v) is 12.2. The fourth-order valence-electron chi connectivity index (χ4n) is 4.26. The molecule has 0 spiro atoms. The van der Waals surface area contributed by atoms with E-state index in [1.165, 1.54) is 22.2 Å². The van der Waals surface area contributed by atoms with Crippen molar-refractivity contribution in [2.75, 3.05) is 0 Å². The third-order valence-corrected chi connectivity index (χ3v) is 7.86. The van der Waals surface area contributed by atoms with Gasteiger partial charge in [0.15, 0.2) is 5.16 Å². The van der Waals surface area contributed by atoms with Crippen LogP contribution in [0.5, 0.6) is 0 Å². The number of H-pyrrole nitrogens is 1. The molecule has 6 nitrogen and oxygen atoms in total. The molecule has 0 fully saturated rings. The van der Waals surface area contributed by atoms with Crippen LogP contribution in [0.1, 0.15) is 22.7 Å². The molecular formula is C24H18N4O2S2. The van der Waals surface area contributed by atoms with E-state index in [4.69, 9.17) is 9.97 Å². The van der Waals surface area contributed by atoms with Crippen molar-refractivity contribution >= 4 is 44.2 Å². The monoisotopic (exact) mass is 458 g/mol. The van der Waals surface area contributed by atoms with Crippen LogP contribution in [-0.4, -0.2) is 19.5 Å². The maximum atomic E-state index is 13.3. The van der Waals surface area contributed by atoms with Crippen LogP contribution >= 0.6 is 23.1 Å². The van der Waals surface area contributed by atoms with Crippen molar-refractivity contribution in [3.05, 3.63) is 91.6 Å². The van der Waals surface area contributed by atoms with Crippen molar-refractivity contribution in [3.63, 3.8) is 0 Å². The molecule has 3 heterocycles. The lowest BCUT2D eigenvalue weighted by Crippen LogP contribution is -2.21. The first-order valence-electron chi connectivity index (χ1n) is 10.4. The highest BCUT2D eigenvalue weighted by Gasteiger charge is 2.21. The van der Waals surface area contributed by atoms with E-state index in [9.17, 15) is 9.59 Å². The molecule has 0 saturated heterocycles. The summed E-state index contributed by atoms with van der Waals surface area (Å²) in [5.74, 6) is 1.00. The first kappa shape index (κ1) is 19.5. The van der Waals surface area contributed by atoms with E-state index in [1.807, 2.05) is 48.5 Å². The van der Waals surface area contributed by atoms with Gasteiger partial charge in [-0.2, -0.15) is 0 Å². The van der Waals surface area contributed by atoms with Gasteiger partial charge in [0.25, 0.3) is 11.1 Å². The number of para-hydroxylation sites is 2. The highest BCUT2D eigenvalue weighted by Crippen LogP contribution is 2.34. The van der Waals surface area contributed by atoms with Crippen LogP contribution < -0.4 is 11.1 Å². The molecule has 32 heavy (non-hydrogen) atoms. The van der Waals surface area contributed by atoms with Gasteiger partial charge in [-0.1, -0.05) is 42.1 Å². The minimum absolute atomic E-state index is 0.0723. The number of fused-ring (bicyclic) bond motifs is 4. The van der Waals surface area contributed by atoms with Crippen molar-refractivity contribution in [2.24, 2.45) is 0 Å². The number of rotatable bonds is 4. The van der Waals surface area contributed by atoms with Crippen LogP contribution in [0, 0.1) is 0 Å². The molecule has 1 aliphatic carbocycles. The van der Waals surface area contributed by atoms with Crippen LogP contribution in [0.15, 0.2) is 69.3 Å². The Morgan fingerprint density at radius 2 is 1.81 bits per heavy atom. The summed E-state index contributed by atoms with van der Waals surface area (Å²) in [6.45, 7) is 0. The summed E-state index contributed by atoms with van der Waals surface area (Å²) >= 11 is 3.03. The van der Waals surface area contributed by atoms with E-state index in [0.29, 0.717) is 27.6 Å². The number of aryl methyl sites for hydroxylation is 2. The zero-order valence-corrected chi connectivity index (χ0v) is 18.6. The number of nitrogens with zero attached hydrogens (tertiary/aromatic N) is 3. The molecule has 0 saturated carbocycles. The average molecular weight is 459 g/mol. The summed E-state index contributed by atoms with van der Waals surface area (Å²) in [6, 6.07) is 16.8. The van der Waals surface area contributed by atoms with Crippen molar-refractivity contribution < 1.29 is 0 Å². The number of hydrogen-bond donors (Lipinski definition) is 1. The van der Waals surface area contributed by atoms with Crippen molar-refractivity contribution in [2.45, 2.75) is 30.2 Å². The molecule has 0 bridgehead atoms. The van der Waals surface area contributed by atoms with Gasteiger partial charge in [-0.3, -0.25) is 14.2 Å². The number of thioether (sulfide) groups is 1. The van der Waals surface area contributed by atoms with Gasteiger partial charge in [0.05, 0.1) is 27.7 Å². The first-order chi connectivity index (χ1) is 15.7. The van der Waals surface area contributed by atoms with E-state index >= 15 is 0 Å². The zero-order chi connectivity index (χ0) is 21.7. The lowest BCUT2D eigenvalue weighted by atomic mass is 10.2. The van der Waals surface area contributed by atoms with Crippen LogP contribution in [-0.2, 0) is 18.6 Å². The second-order valence-corrected chi connectivity index (χ2v) is 9.75. The van der Waals surface area contributed by atoms with Crippen LogP contribution in [0.3, 0.4) is 0 Å². The minimum atomic E-state index is -0.115. The van der Waals surface area contributed by atoms with Gasteiger partial charge in [-0.25, -0.2) is 9.97 Å². The minimum Gasteiger partial charge on any atom is -0.309 e. The predicted molar refractivity (Wildman–Crippen MR) is 129 cm³/mol.